The van der Waals surface area contributed by atoms with Crippen LogP contribution in [0.25, 0.3) is 0 Å². The summed E-state index contributed by atoms with van der Waals surface area (Å²) in [4.78, 5) is 6.69. The quantitative estimate of drug-likeness (QED) is 0.326. The number of nitrogens with one attached hydrogen (secondary N) is 2. The number of guanidine groups is 1. The van der Waals surface area contributed by atoms with Crippen LogP contribution < -0.4 is 10.6 Å². The first-order chi connectivity index (χ1) is 13.7. The number of ether oxygens (including phenoxy) is 2. The maximum absolute atomic E-state index is 5.69. The number of aliphatic imine (C=N–C) groups is 1. The van der Waals surface area contributed by atoms with Gasteiger partial charge in [0.1, 0.15) is 0 Å². The van der Waals surface area contributed by atoms with Gasteiger partial charge in [0.2, 0.25) is 0 Å². The predicted octanol–water partition coefficient (Wildman–Crippen LogP) is 2.65. The van der Waals surface area contributed by atoms with Gasteiger partial charge in [-0.1, -0.05) is 30.3 Å². The van der Waals surface area contributed by atoms with Gasteiger partial charge < -0.3 is 20.1 Å². The van der Waals surface area contributed by atoms with Crippen molar-refractivity contribution in [2.24, 2.45) is 4.99 Å². The van der Waals surface area contributed by atoms with Gasteiger partial charge in [-0.15, -0.1) is 0 Å². The highest BCUT2D eigenvalue weighted by molar-refractivity contribution is 5.79. The van der Waals surface area contributed by atoms with E-state index in [2.05, 4.69) is 64.8 Å². The average Bonchev–Trinajstić information content (AvgIpc) is 3.23. The SMILES string of the molecule is CN=C(NCCCOCC1CCCO1)NCCC(C)N(C)Cc1ccccc1. The second kappa shape index (κ2) is 13.5. The first kappa shape index (κ1) is 22.7. The first-order valence-electron chi connectivity index (χ1n) is 10.6. The summed E-state index contributed by atoms with van der Waals surface area (Å²) in [5.74, 6) is 0.858. The molecule has 1 aliphatic rings. The molecule has 2 atom stereocenters. The van der Waals surface area contributed by atoms with E-state index in [4.69, 9.17) is 9.47 Å². The van der Waals surface area contributed by atoms with Gasteiger partial charge in [0.05, 0.1) is 12.7 Å². The zero-order chi connectivity index (χ0) is 20.0. The molecule has 0 radical (unpaired) electrons. The Kier molecular flexibility index (Phi) is 10.9. The van der Waals surface area contributed by atoms with Crippen LogP contribution in [0, 0.1) is 0 Å². The highest BCUT2D eigenvalue weighted by Gasteiger charge is 2.15. The highest BCUT2D eigenvalue weighted by Crippen LogP contribution is 2.11. The van der Waals surface area contributed by atoms with Gasteiger partial charge >= 0.3 is 0 Å². The van der Waals surface area contributed by atoms with Crippen LogP contribution in [0.2, 0.25) is 0 Å². The third kappa shape index (κ3) is 9.04. The number of hydrogen-bond acceptors (Lipinski definition) is 4. The topological polar surface area (TPSA) is 58.1 Å². The van der Waals surface area contributed by atoms with Crippen LogP contribution in [0.1, 0.15) is 38.2 Å². The van der Waals surface area contributed by atoms with Gasteiger partial charge in [-0.2, -0.15) is 0 Å². The fourth-order valence-electron chi connectivity index (χ4n) is 3.24. The maximum Gasteiger partial charge on any atom is 0.190 e. The minimum absolute atomic E-state index is 0.310. The smallest absolute Gasteiger partial charge is 0.190 e. The lowest BCUT2D eigenvalue weighted by atomic mass is 10.1. The summed E-state index contributed by atoms with van der Waals surface area (Å²) in [7, 11) is 4.00. The zero-order valence-electron chi connectivity index (χ0n) is 17.8. The third-order valence-corrected chi connectivity index (χ3v) is 5.19. The largest absolute Gasteiger partial charge is 0.379 e. The molecule has 0 saturated carbocycles. The van der Waals surface area contributed by atoms with Crippen LogP contribution in [0.4, 0.5) is 0 Å². The summed E-state index contributed by atoms with van der Waals surface area (Å²) < 4.78 is 11.2. The fraction of sp³-hybridized carbons (Fsp3) is 0.682. The zero-order valence-corrected chi connectivity index (χ0v) is 17.8. The number of nitrogens with zero attached hydrogens (tertiary/aromatic N) is 2. The van der Waals surface area contributed by atoms with Crippen molar-refractivity contribution in [2.45, 2.75) is 51.3 Å². The Morgan fingerprint density at radius 2 is 2.07 bits per heavy atom. The summed E-state index contributed by atoms with van der Waals surface area (Å²) in [5, 5.41) is 6.76. The molecule has 2 rings (SSSR count). The van der Waals surface area contributed by atoms with Crippen molar-refractivity contribution in [3.8, 4) is 0 Å². The lowest BCUT2D eigenvalue weighted by molar-refractivity contribution is 0.0168. The molecule has 0 aromatic heterocycles. The normalized spacial score (nSPS) is 18.4. The Morgan fingerprint density at radius 3 is 2.79 bits per heavy atom. The van der Waals surface area contributed by atoms with E-state index < -0.39 is 0 Å². The Labute approximate surface area is 170 Å². The van der Waals surface area contributed by atoms with Gasteiger partial charge in [-0.25, -0.2) is 0 Å². The maximum atomic E-state index is 5.69. The van der Waals surface area contributed by atoms with Gasteiger partial charge in [0.15, 0.2) is 5.96 Å². The second-order valence-corrected chi connectivity index (χ2v) is 7.53. The molecule has 2 unspecified atom stereocenters. The molecule has 0 aliphatic carbocycles. The van der Waals surface area contributed by atoms with Crippen molar-refractivity contribution in [2.75, 3.05) is 47.0 Å². The summed E-state index contributed by atoms with van der Waals surface area (Å²) in [6.07, 6.45) is 4.63. The van der Waals surface area contributed by atoms with E-state index in [1.165, 1.54) is 5.56 Å². The molecule has 1 aromatic carbocycles. The monoisotopic (exact) mass is 390 g/mol. The third-order valence-electron chi connectivity index (χ3n) is 5.19. The summed E-state index contributed by atoms with van der Waals surface area (Å²) in [6, 6.07) is 11.1. The van der Waals surface area contributed by atoms with E-state index in [1.54, 1.807) is 0 Å². The molecule has 0 bridgehead atoms. The van der Waals surface area contributed by atoms with Crippen LogP contribution in [-0.4, -0.2) is 70.0 Å². The number of rotatable bonds is 12. The van der Waals surface area contributed by atoms with E-state index >= 15 is 0 Å². The molecule has 158 valence electrons. The van der Waals surface area contributed by atoms with Crippen molar-refractivity contribution in [1.29, 1.82) is 0 Å². The summed E-state index contributed by atoms with van der Waals surface area (Å²) in [5.41, 5.74) is 1.35. The van der Waals surface area contributed by atoms with Crippen molar-refractivity contribution in [3.63, 3.8) is 0 Å². The molecule has 28 heavy (non-hydrogen) atoms. The molecule has 1 fully saturated rings. The van der Waals surface area contributed by atoms with E-state index in [-0.39, 0.29) is 0 Å². The van der Waals surface area contributed by atoms with Crippen LogP contribution in [0.5, 0.6) is 0 Å². The lowest BCUT2D eigenvalue weighted by Crippen LogP contribution is -2.40. The standard InChI is InChI=1S/C22H38N4O2/c1-19(26(3)17-20-9-5-4-6-10-20)12-14-25-22(23-2)24-13-8-15-27-18-21-11-7-16-28-21/h4-6,9-10,19,21H,7-8,11-18H2,1-3H3,(H2,23,24,25). The van der Waals surface area contributed by atoms with Gasteiger partial charge in [-0.3, -0.25) is 9.89 Å². The van der Waals surface area contributed by atoms with Gasteiger partial charge in [0.25, 0.3) is 0 Å². The molecule has 1 aliphatic heterocycles. The fourth-order valence-corrected chi connectivity index (χ4v) is 3.24. The lowest BCUT2D eigenvalue weighted by Gasteiger charge is -2.25. The molecule has 1 saturated heterocycles. The Hall–Kier alpha value is -1.63. The van der Waals surface area contributed by atoms with Crippen LogP contribution in [-0.2, 0) is 16.0 Å². The average molecular weight is 391 g/mol. The van der Waals surface area contributed by atoms with Crippen LogP contribution >= 0.6 is 0 Å². The van der Waals surface area contributed by atoms with Gasteiger partial charge in [-0.05, 0) is 45.2 Å². The van der Waals surface area contributed by atoms with E-state index in [0.717, 1.165) is 71.1 Å². The molecule has 0 amide bonds. The number of hydrogen-bond donors (Lipinski definition) is 2. The van der Waals surface area contributed by atoms with E-state index in [1.807, 2.05) is 7.05 Å². The summed E-state index contributed by atoms with van der Waals surface area (Å²) in [6.45, 7) is 7.36. The van der Waals surface area contributed by atoms with Crippen molar-refractivity contribution in [3.05, 3.63) is 35.9 Å². The van der Waals surface area contributed by atoms with Crippen molar-refractivity contribution >= 4 is 5.96 Å². The number of benzene rings is 1. The Balaban J connectivity index is 1.51. The van der Waals surface area contributed by atoms with Crippen molar-refractivity contribution < 1.29 is 9.47 Å². The second-order valence-electron chi connectivity index (χ2n) is 7.53. The van der Waals surface area contributed by atoms with Gasteiger partial charge in [0, 0.05) is 45.9 Å². The first-order valence-corrected chi connectivity index (χ1v) is 10.6. The minimum atomic E-state index is 0.310. The Morgan fingerprint density at radius 1 is 1.29 bits per heavy atom. The van der Waals surface area contributed by atoms with E-state index in [9.17, 15) is 0 Å². The molecule has 6 nitrogen and oxygen atoms in total. The predicted molar refractivity (Wildman–Crippen MR) is 116 cm³/mol. The van der Waals surface area contributed by atoms with Crippen LogP contribution in [0.15, 0.2) is 35.3 Å². The highest BCUT2D eigenvalue weighted by atomic mass is 16.5. The molecule has 1 aromatic rings. The molecule has 1 heterocycles. The molecular weight excluding hydrogens is 352 g/mol. The van der Waals surface area contributed by atoms with E-state index in [0.29, 0.717) is 12.1 Å². The van der Waals surface area contributed by atoms with Crippen molar-refractivity contribution in [1.82, 2.24) is 15.5 Å². The Bertz CT molecular complexity index is 547. The molecular formula is C22H38N4O2. The summed E-state index contributed by atoms with van der Waals surface area (Å²) >= 11 is 0. The molecule has 6 heteroatoms. The van der Waals surface area contributed by atoms with Crippen LogP contribution in [0.3, 0.4) is 0 Å². The molecule has 2 N–H and O–H groups in total. The minimum Gasteiger partial charge on any atom is -0.379 e. The molecule has 0 spiro atoms.